The Morgan fingerprint density at radius 3 is 2.65 bits per heavy atom. The van der Waals surface area contributed by atoms with Crippen LogP contribution in [0.5, 0.6) is 5.75 Å². The van der Waals surface area contributed by atoms with E-state index in [1.165, 1.54) is 5.38 Å². The van der Waals surface area contributed by atoms with Crippen LogP contribution in [0.1, 0.15) is 50.5 Å². The van der Waals surface area contributed by atoms with Crippen molar-refractivity contribution >= 4 is 39.7 Å². The minimum Gasteiger partial charge on any atom is -0.504 e. The van der Waals surface area contributed by atoms with Gasteiger partial charge < -0.3 is 15.3 Å². The zero-order valence-electron chi connectivity index (χ0n) is 14.9. The first-order valence-corrected chi connectivity index (χ1v) is 10.1. The maximum absolute atomic E-state index is 11.3. The minimum absolute atomic E-state index is 0.00143. The summed E-state index contributed by atoms with van der Waals surface area (Å²) in [6.07, 6.45) is 2.45. The van der Waals surface area contributed by atoms with Crippen LogP contribution in [-0.2, 0) is 11.0 Å². The van der Waals surface area contributed by atoms with Gasteiger partial charge in [0.25, 0.3) is 0 Å². The summed E-state index contributed by atoms with van der Waals surface area (Å²) in [5.41, 5.74) is 13.2. The van der Waals surface area contributed by atoms with Gasteiger partial charge in [-0.25, -0.2) is 14.3 Å². The summed E-state index contributed by atoms with van der Waals surface area (Å²) in [6.45, 7) is 6.16. The van der Waals surface area contributed by atoms with Crippen LogP contribution in [0.15, 0.2) is 31.3 Å². The quantitative estimate of drug-likeness (QED) is 0.358. The van der Waals surface area contributed by atoms with Gasteiger partial charge >= 0.3 is 5.84 Å². The summed E-state index contributed by atoms with van der Waals surface area (Å²) in [5.74, 6) is 1.01. The van der Waals surface area contributed by atoms with E-state index in [1.54, 1.807) is 6.26 Å². The van der Waals surface area contributed by atoms with Gasteiger partial charge in [-0.1, -0.05) is 20.8 Å². The van der Waals surface area contributed by atoms with Crippen LogP contribution in [0.3, 0.4) is 0 Å². The van der Waals surface area contributed by atoms with Crippen molar-refractivity contribution in [2.75, 3.05) is 0 Å². The third-order valence-corrected chi connectivity index (χ3v) is 5.89. The molecule has 0 radical (unpaired) electrons. The molecule has 0 amide bonds. The lowest BCUT2D eigenvalue weighted by atomic mass is 10.1. The first-order chi connectivity index (χ1) is 12.2. The number of aliphatic imine (C=N–C) groups is 1. The van der Waals surface area contributed by atoms with Gasteiger partial charge in [-0.15, -0.1) is 11.3 Å². The number of nitrogens with two attached hydrogens (primary N) is 3. The lowest BCUT2D eigenvalue weighted by Crippen LogP contribution is -2.79. The largest absolute Gasteiger partial charge is 0.504 e. The fourth-order valence-corrected chi connectivity index (χ4v) is 3.65. The second-order valence-corrected chi connectivity index (χ2v) is 8.15. The summed E-state index contributed by atoms with van der Waals surface area (Å²) in [5, 5.41) is 16.8. The predicted octanol–water partition coefficient (Wildman–Crippen LogP) is 0.729. The van der Waals surface area contributed by atoms with E-state index >= 15 is 0 Å². The number of amidine groups is 2. The Morgan fingerprint density at radius 1 is 1.46 bits per heavy atom. The van der Waals surface area contributed by atoms with Crippen molar-refractivity contribution in [1.82, 2.24) is 0 Å². The SMILES string of the molecule is CC[C@@H]([NH+]=C(N)C(N)=Nc1csc(S(N)=O)c1O)c1cc(C(C)C)co1. The molecule has 0 aliphatic rings. The van der Waals surface area contributed by atoms with E-state index in [1.807, 2.05) is 13.0 Å². The number of nitrogens with one attached hydrogen (secondary N) is 1. The molecule has 0 aliphatic heterocycles. The molecule has 2 aromatic heterocycles. The first kappa shape index (κ1) is 20.1. The van der Waals surface area contributed by atoms with E-state index in [2.05, 4.69) is 23.8 Å². The maximum Gasteiger partial charge on any atom is 0.309 e. The molecule has 0 spiro atoms. The van der Waals surface area contributed by atoms with Gasteiger partial charge in [-0.2, -0.15) is 0 Å². The molecule has 2 atom stereocenters. The van der Waals surface area contributed by atoms with Gasteiger partial charge in [0.15, 0.2) is 16.0 Å². The van der Waals surface area contributed by atoms with Gasteiger partial charge in [0.2, 0.25) is 5.84 Å². The van der Waals surface area contributed by atoms with Crippen molar-refractivity contribution in [1.29, 1.82) is 0 Å². The molecular formula is C16H24N5O3S2+. The van der Waals surface area contributed by atoms with Gasteiger partial charge in [0.1, 0.15) is 22.4 Å². The molecule has 2 heterocycles. The standard InChI is InChI=1S/C16H23N5O3S2/c1-4-10(12-5-9(6-24-12)8(2)3)20-14(17)15(18)21-11-7-25-16(13(11)22)26(19)23/h5-8,10,22H,4,19H2,1-3H3,(H2,17,20)(H2,18,21)/p+1/t10-,26?/m1/s1. The molecule has 0 saturated carbocycles. The zero-order valence-corrected chi connectivity index (χ0v) is 16.5. The molecule has 2 rings (SSSR count). The molecule has 8 N–H and O–H groups in total. The van der Waals surface area contributed by atoms with Crippen molar-refractivity contribution in [3.63, 3.8) is 0 Å². The third kappa shape index (κ3) is 4.51. The van der Waals surface area contributed by atoms with Crippen LogP contribution in [0, 0.1) is 0 Å². The Bertz CT molecular complexity index is 854. The molecule has 0 saturated heterocycles. The number of nitrogens with zero attached hydrogens (tertiary/aromatic N) is 1. The fourth-order valence-electron chi connectivity index (χ4n) is 2.23. The Morgan fingerprint density at radius 2 is 2.15 bits per heavy atom. The molecule has 0 fully saturated rings. The highest BCUT2D eigenvalue weighted by Crippen LogP contribution is 2.37. The Kier molecular flexibility index (Phi) is 6.57. The van der Waals surface area contributed by atoms with Crippen LogP contribution in [-0.4, -0.2) is 21.0 Å². The molecule has 0 aliphatic carbocycles. The Labute approximate surface area is 158 Å². The molecule has 26 heavy (non-hydrogen) atoms. The highest BCUT2D eigenvalue weighted by atomic mass is 32.2. The van der Waals surface area contributed by atoms with Crippen LogP contribution in [0.2, 0.25) is 0 Å². The average molecular weight is 399 g/mol. The van der Waals surface area contributed by atoms with Crippen molar-refractivity contribution in [3.8, 4) is 5.75 Å². The summed E-state index contributed by atoms with van der Waals surface area (Å²) >= 11 is 1.04. The number of thiophene rings is 1. The Hall–Kier alpha value is -2.17. The zero-order chi connectivity index (χ0) is 19.4. The second-order valence-electron chi connectivity index (χ2n) is 6.01. The number of aromatic hydroxyl groups is 1. The molecule has 0 aromatic carbocycles. The van der Waals surface area contributed by atoms with E-state index in [4.69, 9.17) is 21.0 Å². The molecule has 10 heteroatoms. The smallest absolute Gasteiger partial charge is 0.309 e. The predicted molar refractivity (Wildman–Crippen MR) is 104 cm³/mol. The monoisotopic (exact) mass is 398 g/mol. The van der Waals surface area contributed by atoms with Crippen LogP contribution in [0.25, 0.3) is 0 Å². The van der Waals surface area contributed by atoms with Crippen molar-refractivity contribution in [2.45, 2.75) is 43.4 Å². The van der Waals surface area contributed by atoms with Crippen molar-refractivity contribution < 1.29 is 18.7 Å². The van der Waals surface area contributed by atoms with Crippen LogP contribution >= 0.6 is 11.3 Å². The van der Waals surface area contributed by atoms with E-state index in [9.17, 15) is 9.32 Å². The minimum atomic E-state index is -1.79. The lowest BCUT2D eigenvalue weighted by molar-refractivity contribution is -0.512. The lowest BCUT2D eigenvalue weighted by Gasteiger charge is -2.05. The number of hydrogen-bond donors (Lipinski definition) is 5. The van der Waals surface area contributed by atoms with E-state index < -0.39 is 11.0 Å². The average Bonchev–Trinajstić information content (AvgIpc) is 3.20. The van der Waals surface area contributed by atoms with Crippen molar-refractivity contribution in [2.24, 2.45) is 21.6 Å². The Balaban J connectivity index is 2.26. The van der Waals surface area contributed by atoms with Crippen LogP contribution in [0.4, 0.5) is 5.69 Å². The maximum atomic E-state index is 11.3. The molecule has 0 bridgehead atoms. The molecule has 142 valence electrons. The topological polar surface area (TPSA) is 155 Å². The second kappa shape index (κ2) is 8.47. The summed E-state index contributed by atoms with van der Waals surface area (Å²) in [6, 6.07) is 1.82. The number of hydrogen-bond acceptors (Lipinski definition) is 5. The fraction of sp³-hybridized carbons (Fsp3) is 0.375. The molecule has 1 unspecified atom stereocenters. The van der Waals surface area contributed by atoms with Crippen LogP contribution < -0.4 is 21.6 Å². The summed E-state index contributed by atoms with van der Waals surface area (Å²) < 4.78 is 17.1. The van der Waals surface area contributed by atoms with Gasteiger partial charge in [0, 0.05) is 5.38 Å². The number of furan rings is 1. The molecular weight excluding hydrogens is 374 g/mol. The summed E-state index contributed by atoms with van der Waals surface area (Å²) in [7, 11) is -1.79. The van der Waals surface area contributed by atoms with Gasteiger partial charge in [0.05, 0.1) is 6.26 Å². The first-order valence-electron chi connectivity index (χ1n) is 8.03. The van der Waals surface area contributed by atoms with E-state index in [0.29, 0.717) is 5.92 Å². The van der Waals surface area contributed by atoms with E-state index in [-0.39, 0.29) is 33.4 Å². The van der Waals surface area contributed by atoms with Gasteiger partial charge in [-0.3, -0.25) is 10.7 Å². The highest BCUT2D eigenvalue weighted by Gasteiger charge is 2.20. The van der Waals surface area contributed by atoms with Crippen molar-refractivity contribution in [3.05, 3.63) is 29.0 Å². The normalized spacial score (nSPS) is 15.4. The highest BCUT2D eigenvalue weighted by molar-refractivity contribution is 7.85. The number of rotatable bonds is 6. The van der Waals surface area contributed by atoms with E-state index in [0.717, 1.165) is 29.1 Å². The summed E-state index contributed by atoms with van der Waals surface area (Å²) in [4.78, 5) is 7.17. The third-order valence-electron chi connectivity index (χ3n) is 3.80. The molecule has 2 aromatic rings. The van der Waals surface area contributed by atoms with Gasteiger partial charge in [-0.05, 0) is 24.0 Å². The molecule has 8 nitrogen and oxygen atoms in total.